The third-order valence-electron chi connectivity index (χ3n) is 3.24. The molecule has 2 aromatic rings. The van der Waals surface area contributed by atoms with Crippen LogP contribution in [0.1, 0.15) is 13.8 Å². The Balaban J connectivity index is 1.82. The molecule has 0 radical (unpaired) electrons. The van der Waals surface area contributed by atoms with Gasteiger partial charge in [-0.15, -0.1) is 0 Å². The molecule has 8 heteroatoms. The van der Waals surface area contributed by atoms with Crippen molar-refractivity contribution in [2.24, 2.45) is 10.2 Å². The van der Waals surface area contributed by atoms with Crippen LogP contribution in [0.3, 0.4) is 0 Å². The van der Waals surface area contributed by atoms with Crippen molar-refractivity contribution in [2.45, 2.75) is 13.8 Å². The summed E-state index contributed by atoms with van der Waals surface area (Å²) in [6.07, 6.45) is 0. The molecule has 0 aliphatic rings. The number of thiocarbonyl (C=S) groups is 2. The zero-order chi connectivity index (χ0) is 18.8. The van der Waals surface area contributed by atoms with Crippen molar-refractivity contribution in [2.75, 3.05) is 10.6 Å². The van der Waals surface area contributed by atoms with Crippen LogP contribution >= 0.6 is 24.4 Å². The average molecular weight is 385 g/mol. The van der Waals surface area contributed by atoms with Crippen molar-refractivity contribution in [1.82, 2.24) is 10.9 Å². The molecule has 0 aliphatic heterocycles. The molecule has 6 nitrogen and oxygen atoms in total. The third kappa shape index (κ3) is 6.96. The molecule has 0 amide bonds. The van der Waals surface area contributed by atoms with Gasteiger partial charge >= 0.3 is 0 Å². The maximum atomic E-state index is 5.20. The van der Waals surface area contributed by atoms with Gasteiger partial charge in [0.25, 0.3) is 0 Å². The lowest BCUT2D eigenvalue weighted by Crippen LogP contribution is -2.28. The Hall–Kier alpha value is -2.84. The van der Waals surface area contributed by atoms with Gasteiger partial charge in [0.05, 0.1) is 11.4 Å². The maximum Gasteiger partial charge on any atom is 0.191 e. The molecule has 26 heavy (non-hydrogen) atoms. The van der Waals surface area contributed by atoms with Crippen LogP contribution in [0.25, 0.3) is 0 Å². The first-order chi connectivity index (χ1) is 12.5. The SMILES string of the molecule is CC(=N/NC(=S)Nc1ccccc1)/C(C)=N\NC(=S)Nc1ccccc1. The van der Waals surface area contributed by atoms with Gasteiger partial charge in [0.1, 0.15) is 0 Å². The summed E-state index contributed by atoms with van der Waals surface area (Å²) in [5, 5.41) is 15.3. The summed E-state index contributed by atoms with van der Waals surface area (Å²) >= 11 is 10.4. The van der Waals surface area contributed by atoms with Crippen LogP contribution in [0.4, 0.5) is 11.4 Å². The van der Waals surface area contributed by atoms with E-state index in [9.17, 15) is 0 Å². The number of hydrazone groups is 2. The summed E-state index contributed by atoms with van der Waals surface area (Å²) in [7, 11) is 0. The quantitative estimate of drug-likeness (QED) is 0.358. The van der Waals surface area contributed by atoms with E-state index >= 15 is 0 Å². The fraction of sp³-hybridized carbons (Fsp3) is 0.111. The Morgan fingerprint density at radius 3 is 1.35 bits per heavy atom. The number of benzene rings is 2. The lowest BCUT2D eigenvalue weighted by molar-refractivity contribution is 1.02. The van der Waals surface area contributed by atoms with Crippen LogP contribution in [0.2, 0.25) is 0 Å². The van der Waals surface area contributed by atoms with Gasteiger partial charge < -0.3 is 10.6 Å². The van der Waals surface area contributed by atoms with Gasteiger partial charge in [0, 0.05) is 11.4 Å². The van der Waals surface area contributed by atoms with Gasteiger partial charge in [-0.3, -0.25) is 10.9 Å². The summed E-state index contributed by atoms with van der Waals surface area (Å²) in [5.74, 6) is 0. The third-order valence-corrected chi connectivity index (χ3v) is 3.62. The fourth-order valence-electron chi connectivity index (χ4n) is 1.79. The summed E-state index contributed by atoms with van der Waals surface area (Å²) < 4.78 is 0. The van der Waals surface area contributed by atoms with E-state index in [4.69, 9.17) is 24.4 Å². The smallest absolute Gasteiger partial charge is 0.191 e. The first-order valence-electron chi connectivity index (χ1n) is 7.87. The van der Waals surface area contributed by atoms with E-state index in [1.54, 1.807) is 0 Å². The van der Waals surface area contributed by atoms with Crippen LogP contribution in [-0.4, -0.2) is 21.6 Å². The van der Waals surface area contributed by atoms with Crippen LogP contribution in [-0.2, 0) is 0 Å². The van der Waals surface area contributed by atoms with Gasteiger partial charge in [-0.05, 0) is 62.5 Å². The second-order valence-corrected chi connectivity index (χ2v) is 6.07. The number of nitrogens with zero attached hydrogens (tertiary/aromatic N) is 2. The van der Waals surface area contributed by atoms with Crippen molar-refractivity contribution in [3.8, 4) is 0 Å². The molecule has 0 bridgehead atoms. The van der Waals surface area contributed by atoms with E-state index in [2.05, 4.69) is 31.7 Å². The first-order valence-corrected chi connectivity index (χ1v) is 8.69. The molecule has 0 spiro atoms. The highest BCUT2D eigenvalue weighted by molar-refractivity contribution is 7.80. The van der Waals surface area contributed by atoms with Crippen LogP contribution in [0, 0.1) is 0 Å². The molecule has 0 saturated carbocycles. The monoisotopic (exact) mass is 384 g/mol. The van der Waals surface area contributed by atoms with Gasteiger partial charge in [-0.1, -0.05) is 36.4 Å². The minimum Gasteiger partial charge on any atom is -0.331 e. The normalized spacial score (nSPS) is 11.5. The average Bonchev–Trinajstić information content (AvgIpc) is 2.65. The summed E-state index contributed by atoms with van der Waals surface area (Å²) in [6.45, 7) is 3.65. The molecule has 0 fully saturated rings. The summed E-state index contributed by atoms with van der Waals surface area (Å²) in [4.78, 5) is 0. The van der Waals surface area contributed by atoms with Crippen molar-refractivity contribution in [3.05, 3.63) is 60.7 Å². The second-order valence-electron chi connectivity index (χ2n) is 5.26. The van der Waals surface area contributed by atoms with Crippen molar-refractivity contribution < 1.29 is 0 Å². The molecule has 0 heterocycles. The molecule has 134 valence electrons. The van der Waals surface area contributed by atoms with Crippen molar-refractivity contribution >= 4 is 57.5 Å². The molecule has 2 rings (SSSR count). The standard InChI is InChI=1S/C18H20N6S2/c1-13(21-23-17(25)19-15-9-5-3-6-10-15)14(2)22-24-18(26)20-16-11-7-4-8-12-16/h3-12H,1-2H3,(H2,19,23,25)(H2,20,24,26)/b21-13-,22-14-. The van der Waals surface area contributed by atoms with Crippen LogP contribution in [0.5, 0.6) is 0 Å². The molecule has 0 saturated heterocycles. The van der Waals surface area contributed by atoms with Crippen LogP contribution < -0.4 is 21.5 Å². The van der Waals surface area contributed by atoms with E-state index in [0.29, 0.717) is 21.6 Å². The molecule has 0 aromatic heterocycles. The minimum atomic E-state index is 0.401. The van der Waals surface area contributed by atoms with Gasteiger partial charge in [-0.25, -0.2) is 0 Å². The molecule has 4 N–H and O–H groups in total. The lowest BCUT2D eigenvalue weighted by Gasteiger charge is -2.09. The second kappa shape index (κ2) is 10.2. The minimum absolute atomic E-state index is 0.401. The number of nitrogens with one attached hydrogen (secondary N) is 4. The predicted octanol–water partition coefficient (Wildman–Crippen LogP) is 3.71. The Kier molecular flexibility index (Phi) is 7.66. The number of para-hydroxylation sites is 2. The Morgan fingerprint density at radius 1 is 0.654 bits per heavy atom. The lowest BCUT2D eigenvalue weighted by atomic mass is 10.3. The summed E-state index contributed by atoms with van der Waals surface area (Å²) in [6, 6.07) is 19.3. The van der Waals surface area contributed by atoms with Gasteiger partial charge in [0.2, 0.25) is 0 Å². The fourth-order valence-corrected chi connectivity index (χ4v) is 2.12. The number of hydrogen-bond acceptors (Lipinski definition) is 4. The molecule has 0 aliphatic carbocycles. The first kappa shape index (κ1) is 19.5. The van der Waals surface area contributed by atoms with E-state index in [1.165, 1.54) is 0 Å². The van der Waals surface area contributed by atoms with Gasteiger partial charge in [0.15, 0.2) is 10.2 Å². The largest absolute Gasteiger partial charge is 0.331 e. The number of rotatable bonds is 5. The van der Waals surface area contributed by atoms with Crippen molar-refractivity contribution in [1.29, 1.82) is 0 Å². The highest BCUT2D eigenvalue weighted by atomic mass is 32.1. The molecule has 0 unspecified atom stereocenters. The number of hydrogen-bond donors (Lipinski definition) is 4. The zero-order valence-corrected chi connectivity index (χ0v) is 16.1. The van der Waals surface area contributed by atoms with Crippen molar-refractivity contribution in [3.63, 3.8) is 0 Å². The molecular weight excluding hydrogens is 364 g/mol. The number of anilines is 2. The van der Waals surface area contributed by atoms with Crippen LogP contribution in [0.15, 0.2) is 70.9 Å². The van der Waals surface area contributed by atoms with E-state index < -0.39 is 0 Å². The molecule has 0 atom stereocenters. The Morgan fingerprint density at radius 2 is 1.00 bits per heavy atom. The summed E-state index contributed by atoms with van der Waals surface area (Å²) in [5.41, 5.74) is 8.72. The Bertz CT molecular complexity index is 733. The molecular formula is C18H20N6S2. The molecule has 2 aromatic carbocycles. The van der Waals surface area contributed by atoms with E-state index in [1.807, 2.05) is 74.5 Å². The van der Waals surface area contributed by atoms with Gasteiger partial charge in [-0.2, -0.15) is 10.2 Å². The van der Waals surface area contributed by atoms with E-state index in [-0.39, 0.29) is 0 Å². The predicted molar refractivity (Wildman–Crippen MR) is 118 cm³/mol. The van der Waals surface area contributed by atoms with E-state index in [0.717, 1.165) is 11.4 Å². The highest BCUT2D eigenvalue weighted by Crippen LogP contribution is 2.05. The highest BCUT2D eigenvalue weighted by Gasteiger charge is 2.01. The zero-order valence-electron chi connectivity index (χ0n) is 14.5. The topological polar surface area (TPSA) is 72.8 Å². The Labute approximate surface area is 163 Å². The maximum absolute atomic E-state index is 5.20.